The molecule has 1 rings (SSSR count). The van der Waals surface area contributed by atoms with E-state index in [1.54, 1.807) is 0 Å². The maximum atomic E-state index is 11.1. The topological polar surface area (TPSA) is 20.3 Å². The molecular weight excluding hydrogens is 182 g/mol. The maximum absolute atomic E-state index is 11.1. The predicted octanol–water partition coefficient (Wildman–Crippen LogP) is 1.79. The lowest BCUT2D eigenvalue weighted by atomic mass is 10.2. The lowest BCUT2D eigenvalue weighted by Crippen LogP contribution is -2.38. The van der Waals surface area contributed by atoms with Crippen molar-refractivity contribution in [3.05, 3.63) is 0 Å². The third-order valence-corrected chi connectivity index (χ3v) is 3.71. The van der Waals surface area contributed by atoms with Gasteiger partial charge in [-0.25, -0.2) is 0 Å². The second kappa shape index (κ2) is 5.01. The number of hydrogen-bond donors (Lipinski definition) is 0. The standard InChI is InChI=1S/C10H19NOS/c1-8(7-13-3)11(2)9-4-5-10(12)6-9/h8-9H,4-7H2,1-3H3. The molecule has 2 atom stereocenters. The van der Waals surface area contributed by atoms with Gasteiger partial charge in [-0.1, -0.05) is 0 Å². The van der Waals surface area contributed by atoms with E-state index in [4.69, 9.17) is 0 Å². The van der Waals surface area contributed by atoms with E-state index in [2.05, 4.69) is 25.1 Å². The molecule has 1 aliphatic rings. The average Bonchev–Trinajstić information content (AvgIpc) is 2.51. The largest absolute Gasteiger partial charge is 0.300 e. The SMILES string of the molecule is CSCC(C)N(C)C1CCC(=O)C1. The molecule has 1 aliphatic carbocycles. The van der Waals surface area contributed by atoms with Gasteiger partial charge >= 0.3 is 0 Å². The summed E-state index contributed by atoms with van der Waals surface area (Å²) in [4.78, 5) is 13.5. The fourth-order valence-electron chi connectivity index (χ4n) is 1.86. The third-order valence-electron chi connectivity index (χ3n) is 2.90. The highest BCUT2D eigenvalue weighted by Gasteiger charge is 2.27. The van der Waals surface area contributed by atoms with Gasteiger partial charge in [0.2, 0.25) is 0 Å². The molecule has 3 heteroatoms. The van der Waals surface area contributed by atoms with Crippen LogP contribution < -0.4 is 0 Å². The zero-order valence-electron chi connectivity index (χ0n) is 8.75. The second-order valence-electron chi connectivity index (χ2n) is 3.91. The van der Waals surface area contributed by atoms with Crippen LogP contribution in [0.1, 0.15) is 26.2 Å². The molecule has 0 heterocycles. The van der Waals surface area contributed by atoms with Gasteiger partial charge in [0.15, 0.2) is 0 Å². The first-order chi connectivity index (χ1) is 6.15. The molecule has 0 aromatic heterocycles. The van der Waals surface area contributed by atoms with Gasteiger partial charge in [0, 0.05) is 30.7 Å². The fraction of sp³-hybridized carbons (Fsp3) is 0.900. The van der Waals surface area contributed by atoms with Crippen LogP contribution in [0.5, 0.6) is 0 Å². The van der Waals surface area contributed by atoms with E-state index in [1.165, 1.54) is 0 Å². The smallest absolute Gasteiger partial charge is 0.134 e. The lowest BCUT2D eigenvalue weighted by molar-refractivity contribution is -0.117. The molecule has 0 spiro atoms. The molecule has 2 nitrogen and oxygen atoms in total. The van der Waals surface area contributed by atoms with Crippen molar-refractivity contribution in [2.75, 3.05) is 19.1 Å². The Labute approximate surface area is 85.1 Å². The van der Waals surface area contributed by atoms with Gasteiger partial charge in [-0.15, -0.1) is 0 Å². The molecule has 1 fully saturated rings. The summed E-state index contributed by atoms with van der Waals surface area (Å²) >= 11 is 1.87. The summed E-state index contributed by atoms with van der Waals surface area (Å²) in [6, 6.07) is 1.10. The molecule has 0 bridgehead atoms. The van der Waals surface area contributed by atoms with Crippen LogP contribution in [0.3, 0.4) is 0 Å². The van der Waals surface area contributed by atoms with Gasteiger partial charge in [-0.05, 0) is 26.6 Å². The molecule has 0 aromatic rings. The van der Waals surface area contributed by atoms with Crippen LogP contribution >= 0.6 is 11.8 Å². The number of Topliss-reactive ketones (excluding diaryl/α,β-unsaturated/α-hetero) is 1. The highest BCUT2D eigenvalue weighted by Crippen LogP contribution is 2.21. The van der Waals surface area contributed by atoms with Crippen LogP contribution in [0.2, 0.25) is 0 Å². The monoisotopic (exact) mass is 201 g/mol. The Kier molecular flexibility index (Phi) is 4.26. The summed E-state index contributed by atoms with van der Waals surface area (Å²) < 4.78 is 0. The van der Waals surface area contributed by atoms with Crippen molar-refractivity contribution in [1.82, 2.24) is 4.90 Å². The fourth-order valence-corrected chi connectivity index (χ4v) is 2.58. The van der Waals surface area contributed by atoms with Gasteiger partial charge in [-0.3, -0.25) is 9.69 Å². The van der Waals surface area contributed by atoms with E-state index >= 15 is 0 Å². The molecule has 0 N–H and O–H groups in total. The quantitative estimate of drug-likeness (QED) is 0.691. The van der Waals surface area contributed by atoms with Crippen molar-refractivity contribution in [3.8, 4) is 0 Å². The van der Waals surface area contributed by atoms with E-state index in [1.807, 2.05) is 11.8 Å². The maximum Gasteiger partial charge on any atom is 0.134 e. The Morgan fingerprint density at radius 3 is 2.85 bits per heavy atom. The molecule has 0 amide bonds. The zero-order valence-corrected chi connectivity index (χ0v) is 9.56. The van der Waals surface area contributed by atoms with Gasteiger partial charge < -0.3 is 0 Å². The highest BCUT2D eigenvalue weighted by molar-refractivity contribution is 7.98. The molecule has 0 aromatic carbocycles. The third kappa shape index (κ3) is 2.99. The first-order valence-corrected chi connectivity index (χ1v) is 6.27. The van der Waals surface area contributed by atoms with Crippen LogP contribution in [0, 0.1) is 0 Å². The number of nitrogens with zero attached hydrogens (tertiary/aromatic N) is 1. The van der Waals surface area contributed by atoms with Crippen molar-refractivity contribution in [2.24, 2.45) is 0 Å². The van der Waals surface area contributed by atoms with E-state index in [-0.39, 0.29) is 0 Å². The number of carbonyl (C=O) groups is 1. The molecule has 0 aliphatic heterocycles. The van der Waals surface area contributed by atoms with Crippen LogP contribution in [0.15, 0.2) is 0 Å². The Hall–Kier alpha value is -0.0200. The van der Waals surface area contributed by atoms with E-state index in [0.717, 1.165) is 25.0 Å². The van der Waals surface area contributed by atoms with Gasteiger partial charge in [0.25, 0.3) is 0 Å². The minimum atomic E-state index is 0.438. The summed E-state index contributed by atoms with van der Waals surface area (Å²) in [5.74, 6) is 1.59. The van der Waals surface area contributed by atoms with Crippen molar-refractivity contribution in [1.29, 1.82) is 0 Å². The summed E-state index contributed by atoms with van der Waals surface area (Å²) in [5, 5.41) is 0. The number of ketones is 1. The van der Waals surface area contributed by atoms with Crippen molar-refractivity contribution in [2.45, 2.75) is 38.3 Å². The average molecular weight is 201 g/mol. The number of carbonyl (C=O) groups excluding carboxylic acids is 1. The van der Waals surface area contributed by atoms with Crippen molar-refractivity contribution < 1.29 is 4.79 Å². The zero-order chi connectivity index (χ0) is 9.84. The summed E-state index contributed by atoms with van der Waals surface area (Å²) in [7, 11) is 2.14. The molecule has 1 saturated carbocycles. The van der Waals surface area contributed by atoms with Crippen LogP contribution in [0.25, 0.3) is 0 Å². The minimum Gasteiger partial charge on any atom is -0.300 e. The molecule has 0 saturated heterocycles. The van der Waals surface area contributed by atoms with E-state index in [9.17, 15) is 4.79 Å². The van der Waals surface area contributed by atoms with Crippen molar-refractivity contribution >= 4 is 17.5 Å². The van der Waals surface area contributed by atoms with E-state index < -0.39 is 0 Å². The van der Waals surface area contributed by atoms with Crippen LogP contribution in [-0.4, -0.2) is 41.8 Å². The molecule has 76 valence electrons. The first-order valence-electron chi connectivity index (χ1n) is 4.87. The normalized spacial score (nSPS) is 25.5. The summed E-state index contributed by atoms with van der Waals surface area (Å²) in [6.07, 6.45) is 4.76. The van der Waals surface area contributed by atoms with Crippen LogP contribution in [-0.2, 0) is 4.79 Å². The lowest BCUT2D eigenvalue weighted by Gasteiger charge is -2.29. The summed E-state index contributed by atoms with van der Waals surface area (Å²) in [6.45, 7) is 2.24. The Balaban J connectivity index is 2.38. The Morgan fingerprint density at radius 1 is 1.69 bits per heavy atom. The molecule has 2 unspecified atom stereocenters. The molecule has 0 radical (unpaired) electrons. The molecule has 13 heavy (non-hydrogen) atoms. The number of hydrogen-bond acceptors (Lipinski definition) is 3. The Bertz CT molecular complexity index is 184. The minimum absolute atomic E-state index is 0.438. The Morgan fingerprint density at radius 2 is 2.38 bits per heavy atom. The number of rotatable bonds is 4. The molecular formula is C10H19NOS. The van der Waals surface area contributed by atoms with E-state index in [0.29, 0.717) is 17.9 Å². The second-order valence-corrected chi connectivity index (χ2v) is 4.82. The number of thioether (sulfide) groups is 1. The van der Waals surface area contributed by atoms with Crippen molar-refractivity contribution in [3.63, 3.8) is 0 Å². The van der Waals surface area contributed by atoms with Crippen LogP contribution in [0.4, 0.5) is 0 Å². The highest BCUT2D eigenvalue weighted by atomic mass is 32.2. The predicted molar refractivity (Wildman–Crippen MR) is 58.3 cm³/mol. The summed E-state index contributed by atoms with van der Waals surface area (Å²) in [5.41, 5.74) is 0. The van der Waals surface area contributed by atoms with Gasteiger partial charge in [-0.2, -0.15) is 11.8 Å². The first kappa shape index (κ1) is 11.1. The van der Waals surface area contributed by atoms with Gasteiger partial charge in [0.05, 0.1) is 0 Å². The van der Waals surface area contributed by atoms with Gasteiger partial charge in [0.1, 0.15) is 5.78 Å².